The van der Waals surface area contributed by atoms with Crippen molar-refractivity contribution in [3.63, 3.8) is 0 Å². The van der Waals surface area contributed by atoms with Crippen molar-refractivity contribution in [2.45, 2.75) is 43.3 Å². The lowest BCUT2D eigenvalue weighted by Crippen LogP contribution is -2.40. The van der Waals surface area contributed by atoms with E-state index in [0.717, 1.165) is 11.9 Å². The van der Waals surface area contributed by atoms with Crippen molar-refractivity contribution in [2.75, 3.05) is 0 Å². The van der Waals surface area contributed by atoms with Gasteiger partial charge in [0.25, 0.3) is 0 Å². The monoisotopic (exact) mass is 379 g/mol. The number of sulfone groups is 1. The Morgan fingerprint density at radius 1 is 1.15 bits per heavy atom. The van der Waals surface area contributed by atoms with Crippen LogP contribution < -0.4 is 10.9 Å². The van der Waals surface area contributed by atoms with Gasteiger partial charge in [-0.15, -0.1) is 0 Å². The molecule has 1 amide bonds. The predicted molar refractivity (Wildman–Crippen MR) is 96.0 cm³/mol. The summed E-state index contributed by atoms with van der Waals surface area (Å²) in [6.45, 7) is 7.08. The summed E-state index contributed by atoms with van der Waals surface area (Å²) in [5.41, 5.74) is 5.01. The van der Waals surface area contributed by atoms with Gasteiger partial charge in [-0.25, -0.2) is 23.6 Å². The Labute approximate surface area is 152 Å². The largest absolute Gasteiger partial charge is 0.443 e. The minimum atomic E-state index is -3.75. The van der Waals surface area contributed by atoms with Gasteiger partial charge in [0, 0.05) is 6.07 Å². The van der Waals surface area contributed by atoms with Crippen LogP contribution in [-0.4, -0.2) is 26.5 Å². The highest BCUT2D eigenvalue weighted by Gasteiger charge is 2.21. The Balaban J connectivity index is 1.99. The average molecular weight is 379 g/mol. The van der Waals surface area contributed by atoms with Crippen molar-refractivity contribution >= 4 is 28.2 Å². The third-order valence-corrected chi connectivity index (χ3v) is 4.63. The van der Waals surface area contributed by atoms with Crippen molar-refractivity contribution in [1.29, 1.82) is 0 Å². The highest BCUT2D eigenvalue weighted by atomic mass is 32.2. The molecular formula is C17H21N3O5S. The van der Waals surface area contributed by atoms with Gasteiger partial charge in [0.1, 0.15) is 11.9 Å². The molecule has 1 aromatic carbocycles. The van der Waals surface area contributed by atoms with Gasteiger partial charge in [-0.1, -0.05) is 17.7 Å². The average Bonchev–Trinajstić information content (AvgIpc) is 3.00. The summed E-state index contributed by atoms with van der Waals surface area (Å²) < 4.78 is 35.2. The number of hydrogen-bond acceptors (Lipinski definition) is 6. The summed E-state index contributed by atoms with van der Waals surface area (Å²) >= 11 is 0. The van der Waals surface area contributed by atoms with E-state index in [1.165, 1.54) is 24.3 Å². The smallest absolute Gasteiger partial charge is 0.426 e. The SMILES string of the molecule is Cc1ccc(S(=O)(=O)c2ccc(/N=C\NNC(=O)OC(C)(C)C)o2)cc1. The Bertz CT molecular complexity index is 893. The zero-order valence-corrected chi connectivity index (χ0v) is 15.8. The molecular weight excluding hydrogens is 358 g/mol. The van der Waals surface area contributed by atoms with E-state index in [1.807, 2.05) is 6.92 Å². The van der Waals surface area contributed by atoms with Gasteiger partial charge < -0.3 is 9.15 Å². The van der Waals surface area contributed by atoms with Crippen molar-refractivity contribution < 1.29 is 22.4 Å². The summed E-state index contributed by atoms with van der Waals surface area (Å²) in [4.78, 5) is 15.4. The van der Waals surface area contributed by atoms with Crippen LogP contribution in [0.4, 0.5) is 10.7 Å². The molecule has 0 saturated carbocycles. The number of hydrazine groups is 1. The molecule has 0 aliphatic rings. The van der Waals surface area contributed by atoms with E-state index in [4.69, 9.17) is 9.15 Å². The van der Waals surface area contributed by atoms with E-state index < -0.39 is 21.5 Å². The van der Waals surface area contributed by atoms with Crippen LogP contribution in [-0.2, 0) is 14.6 Å². The highest BCUT2D eigenvalue weighted by Crippen LogP contribution is 2.26. The minimum Gasteiger partial charge on any atom is -0.443 e. The van der Waals surface area contributed by atoms with E-state index in [0.29, 0.717) is 0 Å². The van der Waals surface area contributed by atoms with Crippen LogP contribution >= 0.6 is 0 Å². The van der Waals surface area contributed by atoms with Gasteiger partial charge in [-0.05, 0) is 45.9 Å². The maximum absolute atomic E-state index is 12.5. The number of ether oxygens (including phenoxy) is 1. The van der Waals surface area contributed by atoms with Gasteiger partial charge in [0.2, 0.25) is 20.8 Å². The molecule has 0 saturated heterocycles. The van der Waals surface area contributed by atoms with E-state index in [1.54, 1.807) is 32.9 Å². The first-order chi connectivity index (χ1) is 12.1. The molecule has 0 fully saturated rings. The normalized spacial score (nSPS) is 12.2. The fourth-order valence-electron chi connectivity index (χ4n) is 1.85. The zero-order chi connectivity index (χ0) is 19.4. The van der Waals surface area contributed by atoms with Gasteiger partial charge in [0.05, 0.1) is 4.90 Å². The molecule has 140 valence electrons. The van der Waals surface area contributed by atoms with Crippen molar-refractivity contribution in [3.8, 4) is 0 Å². The topological polar surface area (TPSA) is 110 Å². The minimum absolute atomic E-state index is 0.0641. The molecule has 0 aliphatic carbocycles. The van der Waals surface area contributed by atoms with Crippen LogP contribution in [0, 0.1) is 6.92 Å². The Kier molecular flexibility index (Phi) is 5.71. The number of amides is 1. The molecule has 0 unspecified atom stereocenters. The van der Waals surface area contributed by atoms with Crippen molar-refractivity contribution in [2.24, 2.45) is 4.99 Å². The molecule has 2 rings (SSSR count). The first-order valence-electron chi connectivity index (χ1n) is 7.76. The standard InChI is InChI=1S/C17H21N3O5S/c1-12-5-7-13(8-6-12)26(22,23)15-10-9-14(24-15)18-11-19-20-16(21)25-17(2,3)4/h5-11H,1-4H3,(H,18,19)(H,20,21). The van der Waals surface area contributed by atoms with Gasteiger partial charge in [0.15, 0.2) is 0 Å². The molecule has 0 spiro atoms. The fourth-order valence-corrected chi connectivity index (χ4v) is 3.02. The van der Waals surface area contributed by atoms with Crippen LogP contribution in [0.1, 0.15) is 26.3 Å². The molecule has 9 heteroatoms. The maximum atomic E-state index is 12.5. The first kappa shape index (κ1) is 19.5. The third-order valence-electron chi connectivity index (χ3n) is 2.99. The van der Waals surface area contributed by atoms with Gasteiger partial charge in [-0.3, -0.25) is 5.43 Å². The van der Waals surface area contributed by atoms with E-state index in [9.17, 15) is 13.2 Å². The molecule has 2 aromatic rings. The second-order valence-corrected chi connectivity index (χ2v) is 8.32. The summed E-state index contributed by atoms with van der Waals surface area (Å²) in [5.74, 6) is 0.0641. The van der Waals surface area contributed by atoms with Crippen LogP contribution in [0.15, 0.2) is 55.8 Å². The number of benzene rings is 1. The van der Waals surface area contributed by atoms with E-state index in [2.05, 4.69) is 15.8 Å². The van der Waals surface area contributed by atoms with Crippen LogP contribution in [0.25, 0.3) is 0 Å². The Hall–Kier alpha value is -2.81. The molecule has 0 bridgehead atoms. The Morgan fingerprint density at radius 2 is 1.81 bits per heavy atom. The quantitative estimate of drug-likeness (QED) is 0.469. The number of furan rings is 1. The van der Waals surface area contributed by atoms with Crippen molar-refractivity contribution in [3.05, 3.63) is 42.0 Å². The molecule has 0 aliphatic heterocycles. The summed E-state index contributed by atoms with van der Waals surface area (Å²) in [5, 5.41) is -0.214. The molecule has 2 N–H and O–H groups in total. The van der Waals surface area contributed by atoms with Gasteiger partial charge in [-0.2, -0.15) is 0 Å². The number of carbonyl (C=O) groups is 1. The predicted octanol–water partition coefficient (Wildman–Crippen LogP) is 3.11. The summed E-state index contributed by atoms with van der Waals surface area (Å²) in [6.07, 6.45) is 0.469. The Morgan fingerprint density at radius 3 is 2.42 bits per heavy atom. The lowest BCUT2D eigenvalue weighted by Gasteiger charge is -2.19. The molecule has 0 atom stereocenters. The van der Waals surface area contributed by atoms with E-state index >= 15 is 0 Å². The lowest BCUT2D eigenvalue weighted by molar-refractivity contribution is 0.0514. The van der Waals surface area contributed by atoms with Crippen LogP contribution in [0.3, 0.4) is 0 Å². The molecule has 1 aromatic heterocycles. The molecule has 0 radical (unpaired) electrons. The molecule has 8 nitrogen and oxygen atoms in total. The first-order valence-corrected chi connectivity index (χ1v) is 9.25. The summed E-state index contributed by atoms with van der Waals surface area (Å²) in [6, 6.07) is 9.18. The van der Waals surface area contributed by atoms with Crippen molar-refractivity contribution in [1.82, 2.24) is 10.9 Å². The number of rotatable bonds is 5. The number of aryl methyl sites for hydroxylation is 1. The third kappa shape index (κ3) is 5.35. The van der Waals surface area contributed by atoms with Gasteiger partial charge >= 0.3 is 6.09 Å². The zero-order valence-electron chi connectivity index (χ0n) is 14.9. The van der Waals surface area contributed by atoms with E-state index in [-0.39, 0.29) is 15.9 Å². The second kappa shape index (κ2) is 7.61. The van der Waals surface area contributed by atoms with Crippen LogP contribution in [0.2, 0.25) is 0 Å². The number of carbonyl (C=O) groups excluding carboxylic acids is 1. The maximum Gasteiger partial charge on any atom is 0.426 e. The lowest BCUT2D eigenvalue weighted by atomic mass is 10.2. The number of aliphatic imine (C=N–C) groups is 1. The highest BCUT2D eigenvalue weighted by molar-refractivity contribution is 7.91. The van der Waals surface area contributed by atoms with Crippen LogP contribution in [0.5, 0.6) is 0 Å². The fraction of sp³-hybridized carbons (Fsp3) is 0.294. The molecule has 26 heavy (non-hydrogen) atoms. The number of nitrogens with one attached hydrogen (secondary N) is 2. The molecule has 1 heterocycles. The summed E-state index contributed by atoms with van der Waals surface area (Å²) in [7, 11) is -3.75. The second-order valence-electron chi connectivity index (χ2n) is 6.44. The number of nitrogens with zero attached hydrogens (tertiary/aromatic N) is 1. The number of hydrogen-bond donors (Lipinski definition) is 2.